The molecule has 0 aromatic heterocycles. The van der Waals surface area contributed by atoms with Gasteiger partial charge in [-0.05, 0) is 56.3 Å². The maximum atomic E-state index is 11.3. The molecule has 3 aliphatic carbocycles. The summed E-state index contributed by atoms with van der Waals surface area (Å²) < 4.78 is 0. The van der Waals surface area contributed by atoms with E-state index in [9.17, 15) is 24.3 Å². The van der Waals surface area contributed by atoms with Crippen LogP contribution in [0.5, 0.6) is 0 Å². The molecule has 1 spiro atoms. The molecule has 34 heavy (non-hydrogen) atoms. The maximum absolute atomic E-state index is 11.3. The van der Waals surface area contributed by atoms with Crippen LogP contribution in [-0.2, 0) is 19.2 Å². The van der Waals surface area contributed by atoms with Gasteiger partial charge in [-0.2, -0.15) is 0 Å². The van der Waals surface area contributed by atoms with Crippen LogP contribution in [0.1, 0.15) is 71.6 Å². The number of carbonyl (C=O) groups excluding carboxylic acids is 3. The van der Waals surface area contributed by atoms with Gasteiger partial charge in [-0.25, -0.2) is 0 Å². The molecule has 0 radical (unpaired) electrons. The summed E-state index contributed by atoms with van der Waals surface area (Å²) in [6.45, 7) is 4.17. The Morgan fingerprint density at radius 2 is 1.44 bits per heavy atom. The summed E-state index contributed by atoms with van der Waals surface area (Å²) in [6.07, 6.45) is 6.80. The molecule has 190 valence electrons. The van der Waals surface area contributed by atoms with E-state index in [0.29, 0.717) is 49.9 Å². The molecule has 0 bridgehead atoms. The van der Waals surface area contributed by atoms with E-state index in [-0.39, 0.29) is 63.8 Å². The third-order valence-corrected chi connectivity index (χ3v) is 8.33. The molecule has 0 unspecified atom stereocenters. The number of carboxylic acids is 2. The Balaban J connectivity index is 0.000000470. The van der Waals surface area contributed by atoms with Crippen molar-refractivity contribution in [2.24, 2.45) is 34.6 Å². The molecule has 1 saturated heterocycles. The maximum Gasteiger partial charge on any atom is 1.00 e. The van der Waals surface area contributed by atoms with Crippen LogP contribution in [-0.4, -0.2) is 45.3 Å². The predicted molar refractivity (Wildman–Crippen MR) is 130 cm³/mol. The van der Waals surface area contributed by atoms with Crippen LogP contribution < -0.4 is 51.4 Å². The summed E-state index contributed by atoms with van der Waals surface area (Å²) in [5.74, 6) is -0.459. The number of amides is 2. The topological polar surface area (TPSA) is 176 Å². The van der Waals surface area contributed by atoms with Crippen molar-refractivity contribution in [3.8, 4) is 0 Å². The number of halogens is 2. The summed E-state index contributed by atoms with van der Waals surface area (Å²) in [5, 5.41) is 22.1. The number of nitrogens with two attached hydrogens (primary N) is 2. The first-order valence-electron chi connectivity index (χ1n) is 11.3. The summed E-state index contributed by atoms with van der Waals surface area (Å²) in [4.78, 5) is 43.0. The van der Waals surface area contributed by atoms with Crippen molar-refractivity contribution < 1.29 is 58.9 Å². The van der Waals surface area contributed by atoms with E-state index in [1.54, 1.807) is 0 Å². The largest absolute Gasteiger partial charge is 1.00 e. The van der Waals surface area contributed by atoms with Gasteiger partial charge in [0.25, 0.3) is 0 Å². The van der Waals surface area contributed by atoms with Gasteiger partial charge >= 0.3 is 35.5 Å². The molecular formula is C22H36Br2N3NaO6. The molecule has 3 saturated carbocycles. The van der Waals surface area contributed by atoms with Crippen molar-refractivity contribution in [2.45, 2.75) is 82.7 Å². The van der Waals surface area contributed by atoms with E-state index in [0.717, 1.165) is 31.0 Å². The Morgan fingerprint density at radius 1 is 1.00 bits per heavy atom. The Hall–Kier alpha value is -0.0400. The monoisotopic (exact) mass is 619 g/mol. The van der Waals surface area contributed by atoms with Gasteiger partial charge in [0, 0.05) is 11.8 Å². The number of hydrogen-bond acceptors (Lipinski definition) is 7. The zero-order valence-electron chi connectivity index (χ0n) is 20.2. The van der Waals surface area contributed by atoms with Gasteiger partial charge in [0.1, 0.15) is 5.54 Å². The van der Waals surface area contributed by atoms with Crippen LogP contribution in [0.25, 0.3) is 0 Å². The number of imide groups is 1. The van der Waals surface area contributed by atoms with E-state index in [1.165, 1.54) is 0 Å². The average molecular weight is 621 g/mol. The first-order valence-corrected chi connectivity index (χ1v) is 12.4. The third-order valence-electron chi connectivity index (χ3n) is 7.41. The fourth-order valence-electron chi connectivity index (χ4n) is 5.03. The summed E-state index contributed by atoms with van der Waals surface area (Å²) in [7, 11) is 0. The van der Waals surface area contributed by atoms with Crippen molar-refractivity contribution in [2.75, 3.05) is 5.33 Å². The van der Waals surface area contributed by atoms with Crippen molar-refractivity contribution in [3.05, 3.63) is 0 Å². The Morgan fingerprint density at radius 3 is 1.76 bits per heavy atom. The van der Waals surface area contributed by atoms with E-state index < -0.39 is 23.0 Å². The second-order valence-electron chi connectivity index (χ2n) is 10.0. The van der Waals surface area contributed by atoms with Gasteiger partial charge in [-0.15, -0.1) is 17.0 Å². The molecule has 0 aromatic rings. The van der Waals surface area contributed by atoms with E-state index in [1.807, 2.05) is 6.92 Å². The minimum absolute atomic E-state index is 0. The molecule has 6 N–H and O–H groups in total. The molecule has 12 heteroatoms. The fourth-order valence-corrected chi connectivity index (χ4v) is 5.49. The molecule has 1 heterocycles. The van der Waals surface area contributed by atoms with Gasteiger partial charge in [0.15, 0.2) is 0 Å². The number of aliphatic carboxylic acids is 2. The molecule has 4 aliphatic rings. The smallest absolute Gasteiger partial charge is 0.548 e. The number of hydrogen-bond donors (Lipinski definition) is 4. The van der Waals surface area contributed by atoms with Crippen LogP contribution >= 0.6 is 32.9 Å². The summed E-state index contributed by atoms with van der Waals surface area (Å²) >= 11 is 3.28. The van der Waals surface area contributed by atoms with E-state index >= 15 is 0 Å². The SMILES string of the molecule is Br.CCC1CC(N)(C(=O)[O-])C1.CCC1CC2(CC(=O)NC2=O)C1.NC1(C(=O)O)CC(CBr)C1.[Na+]. The Bertz CT molecular complexity index is 715. The van der Waals surface area contributed by atoms with Crippen LogP contribution in [0, 0.1) is 23.2 Å². The Labute approximate surface area is 242 Å². The van der Waals surface area contributed by atoms with Crippen molar-refractivity contribution in [1.29, 1.82) is 0 Å². The molecule has 4 fully saturated rings. The first kappa shape index (κ1) is 34.0. The first-order chi connectivity index (χ1) is 14.8. The summed E-state index contributed by atoms with van der Waals surface area (Å²) in [5.41, 5.74) is 8.74. The Kier molecular flexibility index (Phi) is 13.5. The van der Waals surface area contributed by atoms with Crippen LogP contribution in [0.2, 0.25) is 0 Å². The molecular weight excluding hydrogens is 585 g/mol. The standard InChI is InChI=1S/C9H13NO2.C7H13NO2.C6H10BrNO2.BrH.Na/c1-2-6-3-9(4-6)5-7(11)10-8(9)12;1-2-5-3-7(8,4-5)6(9)10;7-3-4-1-6(8,2-4)5(9)10;;/h6H,2-5H2,1H3,(H,10,11,12);5H,2-4,8H2,1H3,(H,9,10);4H,1-3,8H2,(H,9,10);1H;/q;;;;+1/p-1. The zero-order valence-corrected chi connectivity index (χ0v) is 25.5. The third kappa shape index (κ3) is 7.73. The van der Waals surface area contributed by atoms with Crippen molar-refractivity contribution >= 4 is 56.7 Å². The van der Waals surface area contributed by atoms with Gasteiger partial charge < -0.3 is 26.5 Å². The summed E-state index contributed by atoms with van der Waals surface area (Å²) in [6, 6.07) is 0. The number of carboxylic acid groups (broad SMARTS) is 2. The quantitative estimate of drug-likeness (QED) is 0.159. The van der Waals surface area contributed by atoms with Gasteiger partial charge in [-0.1, -0.05) is 42.6 Å². The minimum Gasteiger partial charge on any atom is -0.548 e. The van der Waals surface area contributed by atoms with Gasteiger partial charge in [0.2, 0.25) is 11.8 Å². The number of carbonyl (C=O) groups is 4. The molecule has 4 rings (SSSR count). The molecule has 9 nitrogen and oxygen atoms in total. The second kappa shape index (κ2) is 13.5. The number of rotatable bonds is 5. The van der Waals surface area contributed by atoms with Crippen molar-refractivity contribution in [3.63, 3.8) is 0 Å². The molecule has 2 amide bonds. The predicted octanol–water partition coefficient (Wildman–Crippen LogP) is -1.75. The number of alkyl halides is 1. The van der Waals surface area contributed by atoms with Crippen LogP contribution in [0.3, 0.4) is 0 Å². The normalized spacial score (nSPS) is 36.9. The number of nitrogens with one attached hydrogen (secondary N) is 1. The van der Waals surface area contributed by atoms with Gasteiger partial charge in [0.05, 0.1) is 16.9 Å². The van der Waals surface area contributed by atoms with E-state index in [2.05, 4.69) is 28.2 Å². The van der Waals surface area contributed by atoms with Crippen LogP contribution in [0.15, 0.2) is 0 Å². The second-order valence-corrected chi connectivity index (χ2v) is 10.7. The molecule has 0 aromatic carbocycles. The van der Waals surface area contributed by atoms with Gasteiger partial charge in [-0.3, -0.25) is 19.7 Å². The average Bonchev–Trinajstić information content (AvgIpc) is 2.96. The zero-order chi connectivity index (χ0) is 24.3. The molecule has 1 aliphatic heterocycles. The van der Waals surface area contributed by atoms with Crippen molar-refractivity contribution in [1.82, 2.24) is 5.32 Å². The van der Waals surface area contributed by atoms with E-state index in [4.69, 9.17) is 16.6 Å². The fraction of sp³-hybridized carbons (Fsp3) is 0.818. The van der Waals surface area contributed by atoms with Crippen LogP contribution in [0.4, 0.5) is 0 Å². The minimum atomic E-state index is -1.10. The molecule has 0 atom stereocenters.